The number of piperidine rings is 1. The minimum Gasteiger partial charge on any atom is -0.492 e. The van der Waals surface area contributed by atoms with Crippen LogP contribution in [0.3, 0.4) is 0 Å². The zero-order valence-corrected chi connectivity index (χ0v) is 18.7. The molecule has 1 spiro atoms. The normalized spacial score (nSPS) is 18.0. The number of hydrogen-bond acceptors (Lipinski definition) is 5. The molecule has 31 heavy (non-hydrogen) atoms. The predicted molar refractivity (Wildman–Crippen MR) is 121 cm³/mol. The molecule has 0 unspecified atom stereocenters. The van der Waals surface area contributed by atoms with Crippen molar-refractivity contribution in [2.45, 2.75) is 38.3 Å². The average Bonchev–Trinajstić information content (AvgIpc) is 3.17. The summed E-state index contributed by atoms with van der Waals surface area (Å²) < 4.78 is 5.60. The first-order valence-corrected chi connectivity index (χ1v) is 11.1. The molecule has 2 aliphatic rings. The van der Waals surface area contributed by atoms with Crippen molar-refractivity contribution in [1.29, 1.82) is 0 Å². The summed E-state index contributed by atoms with van der Waals surface area (Å²) in [7, 11) is 0. The van der Waals surface area contributed by atoms with Gasteiger partial charge < -0.3 is 14.7 Å². The Labute approximate surface area is 191 Å². The lowest BCUT2D eigenvalue weighted by Crippen LogP contribution is -2.44. The van der Waals surface area contributed by atoms with E-state index in [-0.39, 0.29) is 11.2 Å². The fraction of sp³-hybridized carbons (Fsp3) is 0.391. The van der Waals surface area contributed by atoms with Crippen LogP contribution in [-0.2, 0) is 11.4 Å². The molecule has 2 aliphatic heterocycles. The van der Waals surface area contributed by atoms with E-state index in [9.17, 15) is 4.79 Å². The third kappa shape index (κ3) is 4.81. The molecule has 0 amide bonds. The Bertz CT molecular complexity index is 999. The first-order chi connectivity index (χ1) is 14.9. The Morgan fingerprint density at radius 1 is 1.23 bits per heavy atom. The van der Waals surface area contributed by atoms with Crippen LogP contribution in [0.5, 0.6) is 5.75 Å². The molecule has 1 saturated heterocycles. The van der Waals surface area contributed by atoms with Crippen LogP contribution in [0.2, 0.25) is 10.0 Å². The summed E-state index contributed by atoms with van der Waals surface area (Å²) in [6, 6.07) is 10.6. The van der Waals surface area contributed by atoms with Crippen LogP contribution in [0.15, 0.2) is 41.6 Å². The van der Waals surface area contributed by atoms with E-state index in [0.717, 1.165) is 55.7 Å². The van der Waals surface area contributed by atoms with Gasteiger partial charge in [0.25, 0.3) is 0 Å². The summed E-state index contributed by atoms with van der Waals surface area (Å²) in [6.07, 6.45) is 2.47. The van der Waals surface area contributed by atoms with Crippen LogP contribution in [0.1, 0.15) is 47.7 Å². The molecule has 0 radical (unpaired) electrons. The Hall–Kier alpha value is -2.28. The van der Waals surface area contributed by atoms with Gasteiger partial charge in [-0.2, -0.15) is 0 Å². The number of carboxylic acid groups (broad SMARTS) is 1. The van der Waals surface area contributed by atoms with Crippen molar-refractivity contribution in [3.05, 3.63) is 63.1 Å². The van der Waals surface area contributed by atoms with Crippen LogP contribution < -0.4 is 4.74 Å². The van der Waals surface area contributed by atoms with Gasteiger partial charge in [0.1, 0.15) is 16.4 Å². The standard InChI is InChI=1S/C23H24Cl2N2O4/c1-2-30-20-12-15(11-18(24)21(20)25)14-27-9-7-23(8-10-27)13-19(26-31-23)16-3-5-17(6-4-16)22(28)29/h3-6,11-12H,2,7-10,13-14H2,1H3,(H,28,29). The van der Waals surface area contributed by atoms with Gasteiger partial charge in [0.2, 0.25) is 0 Å². The minimum absolute atomic E-state index is 0.265. The number of aromatic carboxylic acids is 1. The van der Waals surface area contributed by atoms with E-state index < -0.39 is 5.97 Å². The topological polar surface area (TPSA) is 71.4 Å². The van der Waals surface area contributed by atoms with Crippen LogP contribution >= 0.6 is 23.2 Å². The lowest BCUT2D eigenvalue weighted by Gasteiger charge is -2.37. The number of halogens is 2. The van der Waals surface area contributed by atoms with Crippen LogP contribution in [-0.4, -0.2) is 47.0 Å². The van der Waals surface area contributed by atoms with Gasteiger partial charge in [-0.25, -0.2) is 4.79 Å². The molecule has 2 aromatic rings. The molecule has 4 rings (SSSR count). The second kappa shape index (κ2) is 9.07. The fourth-order valence-corrected chi connectivity index (χ4v) is 4.49. The van der Waals surface area contributed by atoms with Gasteiger partial charge in [-0.3, -0.25) is 4.90 Å². The zero-order chi connectivity index (χ0) is 22.0. The molecule has 1 N–H and O–H groups in total. The molecule has 6 nitrogen and oxygen atoms in total. The van der Waals surface area contributed by atoms with E-state index in [1.807, 2.05) is 19.1 Å². The van der Waals surface area contributed by atoms with Crippen molar-refractivity contribution >= 4 is 34.9 Å². The van der Waals surface area contributed by atoms with Crippen molar-refractivity contribution in [3.63, 3.8) is 0 Å². The highest BCUT2D eigenvalue weighted by atomic mass is 35.5. The summed E-state index contributed by atoms with van der Waals surface area (Å²) in [5.74, 6) is -0.318. The average molecular weight is 463 g/mol. The summed E-state index contributed by atoms with van der Waals surface area (Å²) >= 11 is 12.5. The number of carbonyl (C=O) groups is 1. The molecule has 0 bridgehead atoms. The first kappa shape index (κ1) is 21.9. The number of nitrogens with zero attached hydrogens (tertiary/aromatic N) is 2. The van der Waals surface area contributed by atoms with E-state index in [1.165, 1.54) is 0 Å². The number of rotatable bonds is 6. The largest absolute Gasteiger partial charge is 0.492 e. The third-order valence-corrected chi connectivity index (χ3v) is 6.62. The molecular formula is C23H24Cl2N2O4. The van der Waals surface area contributed by atoms with E-state index >= 15 is 0 Å². The zero-order valence-electron chi connectivity index (χ0n) is 17.2. The van der Waals surface area contributed by atoms with Gasteiger partial charge in [0.05, 0.1) is 22.9 Å². The highest BCUT2D eigenvalue weighted by Gasteiger charge is 2.42. The van der Waals surface area contributed by atoms with E-state index in [4.69, 9.17) is 37.9 Å². The Balaban J connectivity index is 1.36. The smallest absolute Gasteiger partial charge is 0.335 e. The predicted octanol–water partition coefficient (Wildman–Crippen LogP) is 5.25. The van der Waals surface area contributed by atoms with Crippen molar-refractivity contribution in [2.24, 2.45) is 5.16 Å². The Morgan fingerprint density at radius 3 is 2.58 bits per heavy atom. The monoisotopic (exact) mass is 462 g/mol. The van der Waals surface area contributed by atoms with E-state index in [0.29, 0.717) is 22.4 Å². The second-order valence-corrected chi connectivity index (χ2v) is 8.76. The lowest BCUT2D eigenvalue weighted by molar-refractivity contribution is -0.0627. The molecule has 0 aliphatic carbocycles. The van der Waals surface area contributed by atoms with Crippen LogP contribution in [0.25, 0.3) is 0 Å². The molecule has 0 atom stereocenters. The number of oxime groups is 1. The van der Waals surface area contributed by atoms with Crippen molar-refractivity contribution in [2.75, 3.05) is 19.7 Å². The van der Waals surface area contributed by atoms with Crippen molar-refractivity contribution in [3.8, 4) is 5.75 Å². The van der Waals surface area contributed by atoms with Crippen LogP contribution in [0, 0.1) is 0 Å². The van der Waals surface area contributed by atoms with Crippen molar-refractivity contribution in [1.82, 2.24) is 4.90 Å². The van der Waals surface area contributed by atoms with Gasteiger partial charge in [-0.05, 0) is 42.3 Å². The highest BCUT2D eigenvalue weighted by molar-refractivity contribution is 6.43. The maximum atomic E-state index is 11.0. The Kier molecular flexibility index (Phi) is 6.42. The fourth-order valence-electron chi connectivity index (χ4n) is 4.10. The van der Waals surface area contributed by atoms with Gasteiger partial charge >= 0.3 is 5.97 Å². The quantitative estimate of drug-likeness (QED) is 0.634. The van der Waals surface area contributed by atoms with Crippen LogP contribution in [0.4, 0.5) is 0 Å². The molecule has 0 aromatic heterocycles. The van der Waals surface area contributed by atoms with Gasteiger partial charge in [-0.15, -0.1) is 0 Å². The first-order valence-electron chi connectivity index (χ1n) is 10.3. The molecule has 164 valence electrons. The second-order valence-electron chi connectivity index (χ2n) is 7.97. The molecule has 2 aromatic carbocycles. The number of hydrogen-bond donors (Lipinski definition) is 1. The maximum Gasteiger partial charge on any atom is 0.335 e. The van der Waals surface area contributed by atoms with Gasteiger partial charge in [0, 0.05) is 38.9 Å². The number of carboxylic acids is 1. The van der Waals surface area contributed by atoms with E-state index in [1.54, 1.807) is 24.3 Å². The van der Waals surface area contributed by atoms with Gasteiger partial charge in [0.15, 0.2) is 0 Å². The summed E-state index contributed by atoms with van der Waals surface area (Å²) in [4.78, 5) is 19.3. The molecular weight excluding hydrogens is 439 g/mol. The SMILES string of the molecule is CCOc1cc(CN2CCC3(CC2)CC(c2ccc(C(=O)O)cc2)=NO3)cc(Cl)c1Cl. The number of ether oxygens (including phenoxy) is 1. The van der Waals surface area contributed by atoms with Crippen molar-refractivity contribution < 1.29 is 19.5 Å². The lowest BCUT2D eigenvalue weighted by atomic mass is 9.85. The maximum absolute atomic E-state index is 11.0. The summed E-state index contributed by atoms with van der Waals surface area (Å²) in [5.41, 5.74) is 2.82. The minimum atomic E-state index is -0.935. The van der Waals surface area contributed by atoms with Gasteiger partial charge in [-0.1, -0.05) is 40.5 Å². The molecule has 2 heterocycles. The number of likely N-dealkylation sites (tertiary alicyclic amines) is 1. The highest BCUT2D eigenvalue weighted by Crippen LogP contribution is 2.38. The van der Waals surface area contributed by atoms with E-state index in [2.05, 4.69) is 10.1 Å². The summed E-state index contributed by atoms with van der Waals surface area (Å²) in [5, 5.41) is 14.3. The number of benzene rings is 2. The molecule has 1 fully saturated rings. The molecule has 0 saturated carbocycles. The molecule has 8 heteroatoms. The summed E-state index contributed by atoms with van der Waals surface area (Å²) in [6.45, 7) is 4.97. The Morgan fingerprint density at radius 2 is 1.94 bits per heavy atom. The third-order valence-electron chi connectivity index (χ3n) is 5.83.